The molecule has 0 bridgehead atoms. The van der Waals surface area contributed by atoms with Crippen LogP contribution in [0.4, 0.5) is 0 Å². The fourth-order valence-corrected chi connectivity index (χ4v) is 4.83. The van der Waals surface area contributed by atoms with Gasteiger partial charge in [-0.25, -0.2) is 14.3 Å². The van der Waals surface area contributed by atoms with Crippen LogP contribution in [0, 0.1) is 0 Å². The highest BCUT2D eigenvalue weighted by Crippen LogP contribution is 2.28. The van der Waals surface area contributed by atoms with Gasteiger partial charge in [-0.1, -0.05) is 54.2 Å². The van der Waals surface area contributed by atoms with E-state index in [2.05, 4.69) is 4.98 Å². The predicted octanol–water partition coefficient (Wildman–Crippen LogP) is 4.82. The minimum absolute atomic E-state index is 0.107. The minimum atomic E-state index is -0.375. The van der Waals surface area contributed by atoms with Crippen LogP contribution in [0.25, 0.3) is 16.9 Å². The zero-order chi connectivity index (χ0) is 21.5. The second-order valence-electron chi connectivity index (χ2n) is 7.89. The van der Waals surface area contributed by atoms with E-state index in [0.29, 0.717) is 33.4 Å². The normalized spacial score (nSPS) is 14.5. The van der Waals surface area contributed by atoms with E-state index in [1.807, 2.05) is 18.2 Å². The Labute approximate surface area is 188 Å². The summed E-state index contributed by atoms with van der Waals surface area (Å²) >= 11 is 12.3. The molecule has 8 heteroatoms. The molecule has 2 aromatic carbocycles. The third-order valence-corrected chi connectivity index (χ3v) is 6.32. The first-order chi connectivity index (χ1) is 15.0. The van der Waals surface area contributed by atoms with E-state index in [4.69, 9.17) is 23.2 Å². The summed E-state index contributed by atoms with van der Waals surface area (Å²) in [5.74, 6) is 0. The lowest BCUT2D eigenvalue weighted by Gasteiger charge is -2.17. The Morgan fingerprint density at radius 3 is 2.39 bits per heavy atom. The Bertz CT molecular complexity index is 1400. The largest absolute Gasteiger partial charge is 0.337 e. The highest BCUT2D eigenvalue weighted by molar-refractivity contribution is 6.31. The maximum absolute atomic E-state index is 13.6. The Hall–Kier alpha value is -2.83. The van der Waals surface area contributed by atoms with Crippen molar-refractivity contribution in [1.82, 2.24) is 18.7 Å². The van der Waals surface area contributed by atoms with Gasteiger partial charge < -0.3 is 4.57 Å². The molecule has 6 nitrogen and oxygen atoms in total. The molecule has 0 aliphatic heterocycles. The number of imidazole rings is 1. The Kier molecular flexibility index (Phi) is 5.20. The van der Waals surface area contributed by atoms with E-state index >= 15 is 0 Å². The maximum atomic E-state index is 13.6. The van der Waals surface area contributed by atoms with Crippen molar-refractivity contribution in [3.63, 3.8) is 0 Å². The molecule has 158 valence electrons. The second kappa shape index (κ2) is 8.02. The number of hydrogen-bond acceptors (Lipinski definition) is 3. The molecular weight excluding hydrogens is 435 g/mol. The van der Waals surface area contributed by atoms with Crippen molar-refractivity contribution in [1.29, 1.82) is 0 Å². The molecule has 0 N–H and O–H groups in total. The summed E-state index contributed by atoms with van der Waals surface area (Å²) in [4.78, 5) is 31.6. The molecule has 4 aromatic rings. The van der Waals surface area contributed by atoms with Gasteiger partial charge in [-0.15, -0.1) is 0 Å². The van der Waals surface area contributed by atoms with Crippen molar-refractivity contribution in [3.8, 4) is 5.69 Å². The third kappa shape index (κ3) is 3.60. The van der Waals surface area contributed by atoms with Crippen molar-refractivity contribution in [2.24, 2.45) is 0 Å². The maximum Gasteiger partial charge on any atom is 0.337 e. The van der Waals surface area contributed by atoms with Crippen LogP contribution >= 0.6 is 23.2 Å². The first-order valence-corrected chi connectivity index (χ1v) is 11.0. The highest BCUT2D eigenvalue weighted by atomic mass is 35.5. The summed E-state index contributed by atoms with van der Waals surface area (Å²) < 4.78 is 4.69. The summed E-state index contributed by atoms with van der Waals surface area (Å²) in [6.45, 7) is 0.421. The van der Waals surface area contributed by atoms with Crippen LogP contribution in [0.1, 0.15) is 37.3 Å². The fraction of sp³-hybridized carbons (Fsp3) is 0.261. The van der Waals surface area contributed by atoms with Crippen LogP contribution < -0.4 is 11.2 Å². The van der Waals surface area contributed by atoms with Crippen LogP contribution in [-0.2, 0) is 6.54 Å². The molecule has 1 fully saturated rings. The van der Waals surface area contributed by atoms with E-state index < -0.39 is 0 Å². The number of nitrogens with zero attached hydrogens (tertiary/aromatic N) is 4. The molecule has 0 atom stereocenters. The number of hydrogen-bond donors (Lipinski definition) is 0. The van der Waals surface area contributed by atoms with Crippen molar-refractivity contribution in [2.75, 3.05) is 0 Å². The lowest BCUT2D eigenvalue weighted by atomic mass is 10.2. The van der Waals surface area contributed by atoms with Crippen LogP contribution in [0.15, 0.2) is 64.4 Å². The van der Waals surface area contributed by atoms with E-state index in [-0.39, 0.29) is 17.3 Å². The zero-order valence-electron chi connectivity index (χ0n) is 16.7. The van der Waals surface area contributed by atoms with E-state index in [1.54, 1.807) is 41.2 Å². The molecule has 0 saturated heterocycles. The van der Waals surface area contributed by atoms with Crippen LogP contribution in [0.5, 0.6) is 0 Å². The molecule has 31 heavy (non-hydrogen) atoms. The van der Waals surface area contributed by atoms with Crippen molar-refractivity contribution in [3.05, 3.63) is 91.3 Å². The van der Waals surface area contributed by atoms with Gasteiger partial charge in [0, 0.05) is 22.6 Å². The molecule has 1 aliphatic rings. The van der Waals surface area contributed by atoms with Crippen molar-refractivity contribution in [2.45, 2.75) is 38.3 Å². The SMILES string of the molecule is O=c1c2c(ncn2Cc2cccc(Cl)c2)n(-c2cccc(Cl)c2)c(=O)n1C1CCCC1. The van der Waals surface area contributed by atoms with Crippen LogP contribution in [0.2, 0.25) is 10.0 Å². The molecular formula is C23H20Cl2N4O2. The highest BCUT2D eigenvalue weighted by Gasteiger charge is 2.26. The van der Waals surface area contributed by atoms with Gasteiger partial charge >= 0.3 is 5.69 Å². The number of aromatic nitrogens is 4. The lowest BCUT2D eigenvalue weighted by Crippen LogP contribution is -2.41. The molecule has 2 aromatic heterocycles. The van der Waals surface area contributed by atoms with E-state index in [1.165, 1.54) is 9.13 Å². The predicted molar refractivity (Wildman–Crippen MR) is 123 cm³/mol. The smallest absolute Gasteiger partial charge is 0.320 e. The van der Waals surface area contributed by atoms with Gasteiger partial charge in [-0.3, -0.25) is 9.36 Å². The number of halogens is 2. The molecule has 1 aliphatic carbocycles. The first-order valence-electron chi connectivity index (χ1n) is 10.3. The second-order valence-corrected chi connectivity index (χ2v) is 8.76. The van der Waals surface area contributed by atoms with Crippen LogP contribution in [0.3, 0.4) is 0 Å². The topological polar surface area (TPSA) is 61.8 Å². The van der Waals surface area contributed by atoms with Crippen LogP contribution in [-0.4, -0.2) is 18.7 Å². The summed E-state index contributed by atoms with van der Waals surface area (Å²) in [5.41, 5.74) is 1.57. The van der Waals surface area contributed by atoms with Gasteiger partial charge in [0.1, 0.15) is 0 Å². The molecule has 0 spiro atoms. The summed E-state index contributed by atoms with van der Waals surface area (Å²) in [6.07, 6.45) is 5.25. The lowest BCUT2D eigenvalue weighted by molar-refractivity contribution is 0.474. The van der Waals surface area contributed by atoms with Gasteiger partial charge in [-0.2, -0.15) is 0 Å². The standard InChI is InChI=1S/C23H20Cl2N4O2/c24-16-6-3-5-15(11-16)13-27-14-26-21-20(27)22(30)29(18-8-1-2-9-18)23(31)28(21)19-10-4-7-17(25)12-19/h3-7,10-12,14,18H,1-2,8-9,13H2. The first kappa shape index (κ1) is 20.1. The van der Waals surface area contributed by atoms with Gasteiger partial charge in [-0.05, 0) is 48.7 Å². The monoisotopic (exact) mass is 454 g/mol. The molecule has 0 amide bonds. The molecule has 0 radical (unpaired) electrons. The summed E-state index contributed by atoms with van der Waals surface area (Å²) in [7, 11) is 0. The van der Waals surface area contributed by atoms with Gasteiger partial charge in [0.05, 0.1) is 12.0 Å². The molecule has 5 rings (SSSR count). The van der Waals surface area contributed by atoms with Crippen molar-refractivity contribution >= 4 is 34.4 Å². The molecule has 0 unspecified atom stereocenters. The van der Waals surface area contributed by atoms with E-state index in [9.17, 15) is 9.59 Å². The van der Waals surface area contributed by atoms with Gasteiger partial charge in [0.2, 0.25) is 0 Å². The van der Waals surface area contributed by atoms with Gasteiger partial charge in [0.25, 0.3) is 5.56 Å². The summed E-state index contributed by atoms with van der Waals surface area (Å²) in [6, 6.07) is 14.4. The number of benzene rings is 2. The average molecular weight is 455 g/mol. The Morgan fingerprint density at radius 2 is 1.68 bits per heavy atom. The third-order valence-electron chi connectivity index (χ3n) is 5.85. The van der Waals surface area contributed by atoms with Gasteiger partial charge in [0.15, 0.2) is 11.2 Å². The Balaban J connectivity index is 1.79. The molecule has 2 heterocycles. The van der Waals surface area contributed by atoms with Crippen molar-refractivity contribution < 1.29 is 0 Å². The minimum Gasteiger partial charge on any atom is -0.320 e. The molecule has 1 saturated carbocycles. The average Bonchev–Trinajstić information content (AvgIpc) is 3.39. The number of fused-ring (bicyclic) bond motifs is 1. The Morgan fingerprint density at radius 1 is 0.968 bits per heavy atom. The fourth-order valence-electron chi connectivity index (χ4n) is 4.44. The summed E-state index contributed by atoms with van der Waals surface area (Å²) in [5, 5.41) is 1.13. The van der Waals surface area contributed by atoms with E-state index in [0.717, 1.165) is 31.2 Å². The quantitative estimate of drug-likeness (QED) is 0.443. The number of rotatable bonds is 4. The zero-order valence-corrected chi connectivity index (χ0v) is 18.2.